The van der Waals surface area contributed by atoms with Crippen molar-refractivity contribution in [2.24, 2.45) is 0 Å². The monoisotopic (exact) mass is 200 g/mol. The minimum Gasteiger partial charge on any atom is -0.455 e. The van der Waals surface area contributed by atoms with Gasteiger partial charge in [0, 0.05) is 5.39 Å². The molecule has 0 saturated carbocycles. The van der Waals surface area contributed by atoms with Gasteiger partial charge in [0.25, 0.3) is 0 Å². The first kappa shape index (κ1) is 7.83. The highest BCUT2D eigenvalue weighted by Crippen LogP contribution is 2.30. The minimum atomic E-state index is 0.955. The Labute approximate surface area is 85.6 Å². The van der Waals surface area contributed by atoms with Crippen LogP contribution >= 0.6 is 11.3 Å². The van der Waals surface area contributed by atoms with E-state index in [1.807, 2.05) is 24.3 Å². The Kier molecular flexibility index (Phi) is 1.67. The maximum absolute atomic E-state index is 5.72. The van der Waals surface area contributed by atoms with E-state index in [1.165, 1.54) is 4.88 Å². The second kappa shape index (κ2) is 3.00. The number of thiophene rings is 1. The van der Waals surface area contributed by atoms with Crippen LogP contribution in [0.15, 0.2) is 52.3 Å². The number of rotatable bonds is 1. The van der Waals surface area contributed by atoms with Gasteiger partial charge in [-0.2, -0.15) is 0 Å². The lowest BCUT2D eigenvalue weighted by atomic mass is 10.2. The predicted octanol–water partition coefficient (Wildman–Crippen LogP) is 4.16. The van der Waals surface area contributed by atoms with Gasteiger partial charge in [-0.15, -0.1) is 11.3 Å². The quantitative estimate of drug-likeness (QED) is 0.574. The number of hydrogen-bond donors (Lipinski definition) is 0. The molecule has 2 heteroatoms. The Bertz CT molecular complexity index is 515. The Morgan fingerprint density at radius 3 is 2.71 bits per heavy atom. The molecule has 0 spiro atoms. The molecule has 2 aromatic heterocycles. The first-order chi connectivity index (χ1) is 6.93. The van der Waals surface area contributed by atoms with Crippen molar-refractivity contribution < 1.29 is 4.42 Å². The fourth-order valence-corrected chi connectivity index (χ4v) is 2.20. The highest BCUT2D eigenvalue weighted by atomic mass is 32.1. The van der Waals surface area contributed by atoms with E-state index in [0.29, 0.717) is 0 Å². The number of benzene rings is 1. The van der Waals surface area contributed by atoms with E-state index in [0.717, 1.165) is 16.7 Å². The third kappa shape index (κ3) is 1.16. The van der Waals surface area contributed by atoms with Gasteiger partial charge in [0.15, 0.2) is 0 Å². The van der Waals surface area contributed by atoms with Gasteiger partial charge >= 0.3 is 0 Å². The maximum atomic E-state index is 5.72. The summed E-state index contributed by atoms with van der Waals surface area (Å²) in [7, 11) is 0. The molecule has 0 N–H and O–H groups in total. The van der Waals surface area contributed by atoms with Crippen molar-refractivity contribution in [2.45, 2.75) is 0 Å². The van der Waals surface area contributed by atoms with Gasteiger partial charge in [0.2, 0.25) is 0 Å². The summed E-state index contributed by atoms with van der Waals surface area (Å²) in [4.78, 5) is 1.18. The minimum absolute atomic E-state index is 0.955. The van der Waals surface area contributed by atoms with Crippen molar-refractivity contribution in [1.82, 2.24) is 0 Å². The molecule has 1 nitrogen and oxygen atoms in total. The van der Waals surface area contributed by atoms with Gasteiger partial charge in [-0.1, -0.05) is 24.3 Å². The van der Waals surface area contributed by atoms with Crippen LogP contribution in [0, 0.1) is 0 Å². The van der Waals surface area contributed by atoms with Crippen molar-refractivity contribution in [1.29, 1.82) is 0 Å². The molecule has 1 aromatic carbocycles. The van der Waals surface area contributed by atoms with Crippen LogP contribution < -0.4 is 0 Å². The van der Waals surface area contributed by atoms with E-state index in [-0.39, 0.29) is 0 Å². The van der Waals surface area contributed by atoms with Gasteiger partial charge in [0.1, 0.15) is 11.3 Å². The maximum Gasteiger partial charge on any atom is 0.145 e. The van der Waals surface area contributed by atoms with E-state index in [4.69, 9.17) is 4.42 Å². The summed E-state index contributed by atoms with van der Waals surface area (Å²) in [6.45, 7) is 0. The second-order valence-electron chi connectivity index (χ2n) is 3.13. The van der Waals surface area contributed by atoms with Crippen molar-refractivity contribution in [3.63, 3.8) is 0 Å². The van der Waals surface area contributed by atoms with Gasteiger partial charge in [0.05, 0.1) is 4.88 Å². The molecular weight excluding hydrogens is 192 g/mol. The first-order valence-electron chi connectivity index (χ1n) is 4.46. The highest BCUT2D eigenvalue weighted by Gasteiger charge is 2.05. The molecule has 0 radical (unpaired) electrons. The summed E-state index contributed by atoms with van der Waals surface area (Å²) < 4.78 is 5.72. The molecule has 0 aliphatic rings. The van der Waals surface area contributed by atoms with Crippen LogP contribution in [0.5, 0.6) is 0 Å². The van der Waals surface area contributed by atoms with E-state index < -0.39 is 0 Å². The van der Waals surface area contributed by atoms with E-state index in [1.54, 1.807) is 11.3 Å². The zero-order chi connectivity index (χ0) is 9.38. The Hall–Kier alpha value is -1.54. The molecule has 68 valence electrons. The molecule has 0 aliphatic heterocycles. The third-order valence-electron chi connectivity index (χ3n) is 2.19. The topological polar surface area (TPSA) is 13.1 Å². The summed E-state index contributed by atoms with van der Waals surface area (Å²) in [5, 5.41) is 3.22. The smallest absolute Gasteiger partial charge is 0.145 e. The average Bonchev–Trinajstić information content (AvgIpc) is 2.86. The Morgan fingerprint density at radius 2 is 1.93 bits per heavy atom. The lowest BCUT2D eigenvalue weighted by molar-refractivity contribution is 0.633. The van der Waals surface area contributed by atoms with Gasteiger partial charge in [-0.05, 0) is 23.6 Å². The predicted molar refractivity (Wildman–Crippen MR) is 59.5 cm³/mol. The summed E-state index contributed by atoms with van der Waals surface area (Å²) in [6, 6.07) is 14.3. The molecule has 0 saturated heterocycles. The summed E-state index contributed by atoms with van der Waals surface area (Å²) in [5.41, 5.74) is 0.955. The van der Waals surface area contributed by atoms with Crippen molar-refractivity contribution >= 4 is 22.3 Å². The first-order valence-corrected chi connectivity index (χ1v) is 5.34. The fourth-order valence-electron chi connectivity index (χ4n) is 1.52. The van der Waals surface area contributed by atoms with E-state index in [9.17, 15) is 0 Å². The lowest BCUT2D eigenvalue weighted by Crippen LogP contribution is -1.59. The van der Waals surface area contributed by atoms with Crippen LogP contribution in [0.2, 0.25) is 0 Å². The second-order valence-corrected chi connectivity index (χ2v) is 4.07. The van der Waals surface area contributed by atoms with Crippen LogP contribution in [0.25, 0.3) is 21.6 Å². The summed E-state index contributed by atoms with van der Waals surface area (Å²) in [5.74, 6) is 0.959. The zero-order valence-corrected chi connectivity index (χ0v) is 8.25. The molecule has 3 rings (SSSR count). The van der Waals surface area contributed by atoms with Crippen LogP contribution in [-0.2, 0) is 0 Å². The van der Waals surface area contributed by atoms with Gasteiger partial charge < -0.3 is 4.42 Å². The summed E-state index contributed by atoms with van der Waals surface area (Å²) >= 11 is 1.70. The molecule has 0 unspecified atom stereocenters. The molecule has 0 bridgehead atoms. The molecule has 0 amide bonds. The molecule has 0 aliphatic carbocycles. The van der Waals surface area contributed by atoms with Crippen LogP contribution in [0.4, 0.5) is 0 Å². The third-order valence-corrected chi connectivity index (χ3v) is 3.07. The summed E-state index contributed by atoms with van der Waals surface area (Å²) in [6.07, 6.45) is 0. The Balaban J connectivity index is 2.24. The number of furan rings is 1. The van der Waals surface area contributed by atoms with Crippen LogP contribution in [0.3, 0.4) is 0 Å². The molecule has 0 atom stereocenters. The average molecular weight is 200 g/mol. The zero-order valence-electron chi connectivity index (χ0n) is 7.44. The van der Waals surface area contributed by atoms with E-state index in [2.05, 4.69) is 23.6 Å². The molecular formula is C12H8OS. The van der Waals surface area contributed by atoms with Crippen molar-refractivity contribution in [3.8, 4) is 10.6 Å². The molecule has 14 heavy (non-hydrogen) atoms. The van der Waals surface area contributed by atoms with Crippen molar-refractivity contribution in [2.75, 3.05) is 0 Å². The van der Waals surface area contributed by atoms with E-state index >= 15 is 0 Å². The van der Waals surface area contributed by atoms with Crippen molar-refractivity contribution in [3.05, 3.63) is 47.8 Å². The SMILES string of the molecule is c1csc(-c2cc3ccccc3o2)c1. The lowest BCUT2D eigenvalue weighted by Gasteiger charge is -1.86. The van der Waals surface area contributed by atoms with Gasteiger partial charge in [-0.25, -0.2) is 0 Å². The highest BCUT2D eigenvalue weighted by molar-refractivity contribution is 7.13. The molecule has 3 aromatic rings. The molecule has 2 heterocycles. The standard InChI is InChI=1S/C12H8OS/c1-2-5-10-9(4-1)8-11(13-10)12-6-3-7-14-12/h1-8H. The van der Waals surface area contributed by atoms with Crippen LogP contribution in [0.1, 0.15) is 0 Å². The van der Waals surface area contributed by atoms with Crippen LogP contribution in [-0.4, -0.2) is 0 Å². The fraction of sp³-hybridized carbons (Fsp3) is 0. The number of hydrogen-bond acceptors (Lipinski definition) is 2. The normalized spacial score (nSPS) is 10.9. The molecule has 0 fully saturated rings. The number of fused-ring (bicyclic) bond motifs is 1. The number of para-hydroxylation sites is 1. The Morgan fingerprint density at radius 1 is 1.00 bits per heavy atom. The largest absolute Gasteiger partial charge is 0.455 e. The van der Waals surface area contributed by atoms with Gasteiger partial charge in [-0.3, -0.25) is 0 Å².